The molecule has 0 spiro atoms. The number of imidazole rings is 1. The molecule has 0 atom stereocenters. The van der Waals surface area contributed by atoms with Gasteiger partial charge >= 0.3 is 0 Å². The first-order valence-corrected chi connectivity index (χ1v) is 8.31. The van der Waals surface area contributed by atoms with Crippen molar-refractivity contribution < 1.29 is 12.8 Å². The standard InChI is InChI=1S/C11H8ClFN4O2S2/c12-6-1-2-7(13)8(5-6)16-21(18,19)10-9(14)15-11-17(10)3-4-20-11/h1-5,16H,14H2. The van der Waals surface area contributed by atoms with Crippen LogP contribution in [0, 0.1) is 5.82 Å². The predicted octanol–water partition coefficient (Wildman–Crippen LogP) is 2.57. The van der Waals surface area contributed by atoms with Crippen LogP contribution < -0.4 is 10.5 Å². The van der Waals surface area contributed by atoms with E-state index < -0.39 is 15.8 Å². The number of rotatable bonds is 3. The van der Waals surface area contributed by atoms with Gasteiger partial charge in [0.25, 0.3) is 10.0 Å². The lowest BCUT2D eigenvalue weighted by atomic mass is 10.3. The van der Waals surface area contributed by atoms with E-state index in [9.17, 15) is 12.8 Å². The molecule has 3 aromatic rings. The highest BCUT2D eigenvalue weighted by atomic mass is 35.5. The minimum absolute atomic E-state index is 0.156. The van der Waals surface area contributed by atoms with Gasteiger partial charge < -0.3 is 5.73 Å². The lowest BCUT2D eigenvalue weighted by molar-refractivity contribution is 0.595. The summed E-state index contributed by atoms with van der Waals surface area (Å²) in [6.45, 7) is 0. The molecule has 0 fully saturated rings. The van der Waals surface area contributed by atoms with E-state index in [2.05, 4.69) is 9.71 Å². The van der Waals surface area contributed by atoms with Gasteiger partial charge in [-0.2, -0.15) is 8.42 Å². The Kier molecular flexibility index (Phi) is 3.27. The van der Waals surface area contributed by atoms with Crippen LogP contribution >= 0.6 is 22.9 Å². The van der Waals surface area contributed by atoms with Gasteiger partial charge in [-0.25, -0.2) is 9.37 Å². The van der Waals surface area contributed by atoms with Crippen molar-refractivity contribution in [1.29, 1.82) is 0 Å². The minimum atomic E-state index is -4.10. The fourth-order valence-electron chi connectivity index (χ4n) is 1.82. The van der Waals surface area contributed by atoms with E-state index in [4.69, 9.17) is 17.3 Å². The van der Waals surface area contributed by atoms with Crippen molar-refractivity contribution in [2.24, 2.45) is 0 Å². The molecule has 1 aromatic carbocycles. The summed E-state index contributed by atoms with van der Waals surface area (Å²) in [7, 11) is -4.10. The van der Waals surface area contributed by atoms with Crippen molar-refractivity contribution in [2.45, 2.75) is 5.03 Å². The molecule has 0 amide bonds. The number of nitrogens with zero attached hydrogens (tertiary/aromatic N) is 2. The number of halogens is 2. The second kappa shape index (κ2) is 4.86. The summed E-state index contributed by atoms with van der Waals surface area (Å²) in [5, 5.41) is 1.63. The van der Waals surface area contributed by atoms with Crippen LogP contribution in [0.5, 0.6) is 0 Å². The van der Waals surface area contributed by atoms with E-state index in [1.165, 1.54) is 34.1 Å². The SMILES string of the molecule is Nc1nc2sccn2c1S(=O)(=O)Nc1cc(Cl)ccc1F. The molecule has 2 heterocycles. The van der Waals surface area contributed by atoms with Crippen LogP contribution in [0.2, 0.25) is 5.02 Å². The number of hydrogen-bond acceptors (Lipinski definition) is 5. The molecule has 0 saturated carbocycles. The van der Waals surface area contributed by atoms with Crippen molar-refractivity contribution in [3.8, 4) is 0 Å². The average Bonchev–Trinajstić information content (AvgIpc) is 2.92. The molecule has 3 rings (SSSR count). The summed E-state index contributed by atoms with van der Waals surface area (Å²) in [5.74, 6) is -0.899. The molecule has 3 N–H and O–H groups in total. The molecule has 2 aromatic heterocycles. The molecule has 110 valence electrons. The van der Waals surface area contributed by atoms with Gasteiger partial charge in [-0.05, 0) is 18.2 Å². The lowest BCUT2D eigenvalue weighted by Crippen LogP contribution is -2.17. The van der Waals surface area contributed by atoms with E-state index in [1.54, 1.807) is 5.38 Å². The summed E-state index contributed by atoms with van der Waals surface area (Å²) in [6, 6.07) is 3.57. The second-order valence-electron chi connectivity index (χ2n) is 4.09. The Hall–Kier alpha value is -1.84. The zero-order chi connectivity index (χ0) is 15.2. The molecular formula is C11H8ClFN4O2S2. The number of sulfonamides is 1. The lowest BCUT2D eigenvalue weighted by Gasteiger charge is -2.09. The Morgan fingerprint density at radius 1 is 1.43 bits per heavy atom. The molecule has 0 aliphatic carbocycles. The highest BCUT2D eigenvalue weighted by molar-refractivity contribution is 7.92. The maximum absolute atomic E-state index is 13.7. The maximum Gasteiger partial charge on any atom is 0.281 e. The largest absolute Gasteiger partial charge is 0.381 e. The predicted molar refractivity (Wildman–Crippen MR) is 79.7 cm³/mol. The molecule has 10 heteroatoms. The van der Waals surface area contributed by atoms with E-state index >= 15 is 0 Å². The van der Waals surface area contributed by atoms with E-state index in [-0.39, 0.29) is 21.6 Å². The van der Waals surface area contributed by atoms with Crippen molar-refractivity contribution in [3.05, 3.63) is 40.6 Å². The van der Waals surface area contributed by atoms with E-state index in [0.29, 0.717) is 4.96 Å². The van der Waals surface area contributed by atoms with Crippen LogP contribution in [0.25, 0.3) is 4.96 Å². The fourth-order valence-corrected chi connectivity index (χ4v) is 4.04. The average molecular weight is 347 g/mol. The van der Waals surface area contributed by atoms with Crippen molar-refractivity contribution in [1.82, 2.24) is 9.38 Å². The van der Waals surface area contributed by atoms with Gasteiger partial charge in [-0.1, -0.05) is 11.6 Å². The Bertz CT molecular complexity index is 935. The third-order valence-electron chi connectivity index (χ3n) is 2.67. The van der Waals surface area contributed by atoms with Gasteiger partial charge in [0.2, 0.25) is 5.03 Å². The quantitative estimate of drug-likeness (QED) is 0.762. The first-order chi connectivity index (χ1) is 9.88. The normalized spacial score (nSPS) is 11.9. The third kappa shape index (κ3) is 2.43. The fraction of sp³-hybridized carbons (Fsp3) is 0. The Morgan fingerprint density at radius 2 is 2.19 bits per heavy atom. The second-order valence-corrected chi connectivity index (χ2v) is 6.99. The maximum atomic E-state index is 13.7. The molecule has 0 unspecified atom stereocenters. The van der Waals surface area contributed by atoms with Crippen LogP contribution in [0.15, 0.2) is 34.8 Å². The number of aromatic nitrogens is 2. The number of fused-ring (bicyclic) bond motifs is 1. The molecule has 21 heavy (non-hydrogen) atoms. The first-order valence-electron chi connectivity index (χ1n) is 5.57. The topological polar surface area (TPSA) is 89.5 Å². The summed E-state index contributed by atoms with van der Waals surface area (Å²) >= 11 is 6.97. The minimum Gasteiger partial charge on any atom is -0.381 e. The molecular weight excluding hydrogens is 339 g/mol. The molecule has 0 saturated heterocycles. The van der Waals surface area contributed by atoms with E-state index in [1.807, 2.05) is 0 Å². The smallest absolute Gasteiger partial charge is 0.281 e. The number of nitrogens with two attached hydrogens (primary N) is 1. The molecule has 0 bridgehead atoms. The number of benzene rings is 1. The van der Waals surface area contributed by atoms with Gasteiger partial charge in [0.1, 0.15) is 5.82 Å². The zero-order valence-electron chi connectivity index (χ0n) is 10.2. The van der Waals surface area contributed by atoms with Crippen LogP contribution in [0.3, 0.4) is 0 Å². The highest BCUT2D eigenvalue weighted by Crippen LogP contribution is 2.27. The van der Waals surface area contributed by atoms with E-state index in [0.717, 1.165) is 6.07 Å². The van der Waals surface area contributed by atoms with Crippen LogP contribution in [0.1, 0.15) is 0 Å². The number of hydrogen-bond donors (Lipinski definition) is 2. The molecule has 0 aliphatic heterocycles. The summed E-state index contributed by atoms with van der Waals surface area (Å²) in [4.78, 5) is 4.37. The van der Waals surface area contributed by atoms with Crippen molar-refractivity contribution in [3.63, 3.8) is 0 Å². The third-order valence-corrected chi connectivity index (χ3v) is 5.07. The highest BCUT2D eigenvalue weighted by Gasteiger charge is 2.25. The van der Waals surface area contributed by atoms with Gasteiger partial charge in [-0.3, -0.25) is 9.12 Å². The van der Waals surface area contributed by atoms with Gasteiger partial charge in [0, 0.05) is 16.6 Å². The summed E-state index contributed by atoms with van der Waals surface area (Å²) in [5.41, 5.74) is 5.38. The molecule has 0 aliphatic rings. The number of nitrogen functional groups attached to an aromatic ring is 1. The number of nitrogens with one attached hydrogen (secondary N) is 1. The van der Waals surface area contributed by atoms with Crippen LogP contribution in [-0.2, 0) is 10.0 Å². The monoisotopic (exact) mass is 346 g/mol. The Labute approximate surface area is 128 Å². The zero-order valence-corrected chi connectivity index (χ0v) is 12.6. The molecule has 6 nitrogen and oxygen atoms in total. The number of anilines is 2. The van der Waals surface area contributed by atoms with Crippen LogP contribution in [-0.4, -0.2) is 17.8 Å². The first kappa shape index (κ1) is 14.1. The van der Waals surface area contributed by atoms with Crippen LogP contribution in [0.4, 0.5) is 15.9 Å². The van der Waals surface area contributed by atoms with Gasteiger partial charge in [0.15, 0.2) is 10.8 Å². The van der Waals surface area contributed by atoms with Gasteiger partial charge in [0.05, 0.1) is 5.69 Å². The van der Waals surface area contributed by atoms with Crippen molar-refractivity contribution in [2.75, 3.05) is 10.5 Å². The van der Waals surface area contributed by atoms with Gasteiger partial charge in [-0.15, -0.1) is 11.3 Å². The number of thiazole rings is 1. The summed E-state index contributed by atoms with van der Waals surface area (Å²) < 4.78 is 41.9. The summed E-state index contributed by atoms with van der Waals surface area (Å²) in [6.07, 6.45) is 1.52. The Morgan fingerprint density at radius 3 is 2.95 bits per heavy atom. The van der Waals surface area contributed by atoms with Crippen molar-refractivity contribution >= 4 is 49.4 Å². The Balaban J connectivity index is 2.10. The molecule has 0 radical (unpaired) electrons.